The summed E-state index contributed by atoms with van der Waals surface area (Å²) in [6.07, 6.45) is -2.69. The van der Waals surface area contributed by atoms with E-state index in [1.54, 1.807) is 12.1 Å². The third-order valence-electron chi connectivity index (χ3n) is 5.18. The molecule has 1 aromatic rings. The highest BCUT2D eigenvalue weighted by molar-refractivity contribution is 6.31. The van der Waals surface area contributed by atoms with E-state index in [2.05, 4.69) is 5.32 Å². The van der Waals surface area contributed by atoms with Crippen LogP contribution >= 0.6 is 11.6 Å². The second-order valence-corrected chi connectivity index (χ2v) is 7.86. The lowest BCUT2D eigenvalue weighted by Crippen LogP contribution is -2.35. The summed E-state index contributed by atoms with van der Waals surface area (Å²) in [5.41, 5.74) is 0.811. The Morgan fingerprint density at radius 1 is 1.27 bits per heavy atom. The van der Waals surface area contributed by atoms with Crippen molar-refractivity contribution >= 4 is 17.6 Å². The lowest BCUT2D eigenvalue weighted by Gasteiger charge is -2.32. The van der Waals surface area contributed by atoms with Crippen LogP contribution in [0, 0.1) is 17.8 Å². The van der Waals surface area contributed by atoms with Gasteiger partial charge in [-0.2, -0.15) is 13.2 Å². The van der Waals surface area contributed by atoms with Crippen LogP contribution in [0.3, 0.4) is 0 Å². The van der Waals surface area contributed by atoms with Crippen LogP contribution in [0.2, 0.25) is 5.02 Å². The van der Waals surface area contributed by atoms with Gasteiger partial charge in [0.15, 0.2) is 0 Å². The molecule has 0 amide bonds. The zero-order valence-corrected chi connectivity index (χ0v) is 15.7. The fraction of sp³-hybridized carbons (Fsp3) is 0.632. The van der Waals surface area contributed by atoms with Crippen molar-refractivity contribution in [3.63, 3.8) is 0 Å². The summed E-state index contributed by atoms with van der Waals surface area (Å²) < 4.78 is 38.3. The third-order valence-corrected chi connectivity index (χ3v) is 5.42. The van der Waals surface area contributed by atoms with E-state index in [1.165, 1.54) is 6.07 Å². The van der Waals surface area contributed by atoms with Gasteiger partial charge in [0.2, 0.25) is 0 Å². The molecule has 0 radical (unpaired) electrons. The molecule has 1 aliphatic carbocycles. The Kier molecular flexibility index (Phi) is 6.97. The van der Waals surface area contributed by atoms with E-state index in [4.69, 9.17) is 11.6 Å². The molecule has 2 rings (SSSR count). The maximum atomic E-state index is 12.8. The van der Waals surface area contributed by atoms with Crippen molar-refractivity contribution in [3.8, 4) is 0 Å². The molecule has 0 saturated heterocycles. The summed E-state index contributed by atoms with van der Waals surface area (Å²) in [5.74, 6) is -1.92. The first-order valence-corrected chi connectivity index (χ1v) is 9.30. The molecule has 0 aromatic heterocycles. The largest absolute Gasteiger partial charge is 0.478 e. The van der Waals surface area contributed by atoms with Crippen molar-refractivity contribution in [3.05, 3.63) is 34.3 Å². The Morgan fingerprint density at radius 2 is 1.88 bits per heavy atom. The van der Waals surface area contributed by atoms with Gasteiger partial charge in [-0.15, -0.1) is 0 Å². The zero-order valence-electron chi connectivity index (χ0n) is 14.9. The molecular weight excluding hydrogens is 367 g/mol. The van der Waals surface area contributed by atoms with Crippen LogP contribution in [0.4, 0.5) is 13.2 Å². The first-order chi connectivity index (χ1) is 12.1. The number of nitrogens with one attached hydrogen (secondary N) is 1. The molecule has 1 fully saturated rings. The summed E-state index contributed by atoms with van der Waals surface area (Å²) in [5, 5.41) is 13.2. The van der Waals surface area contributed by atoms with Gasteiger partial charge in [-0.25, -0.2) is 4.79 Å². The minimum Gasteiger partial charge on any atom is -0.478 e. The van der Waals surface area contributed by atoms with E-state index in [-0.39, 0.29) is 36.3 Å². The van der Waals surface area contributed by atoms with E-state index in [0.717, 1.165) is 0 Å². The van der Waals surface area contributed by atoms with Crippen LogP contribution in [-0.4, -0.2) is 23.8 Å². The van der Waals surface area contributed by atoms with Crippen molar-refractivity contribution in [2.75, 3.05) is 6.54 Å². The van der Waals surface area contributed by atoms with Crippen molar-refractivity contribution < 1.29 is 23.1 Å². The van der Waals surface area contributed by atoms with Gasteiger partial charge >= 0.3 is 12.1 Å². The highest BCUT2D eigenvalue weighted by Gasteiger charge is 2.41. The predicted octanol–water partition coefficient (Wildman–Crippen LogP) is 5.69. The monoisotopic (exact) mass is 391 g/mol. The predicted molar refractivity (Wildman–Crippen MR) is 95.5 cm³/mol. The first kappa shape index (κ1) is 21.0. The Morgan fingerprint density at radius 3 is 2.38 bits per heavy atom. The second-order valence-electron chi connectivity index (χ2n) is 7.43. The molecule has 0 spiro atoms. The quantitative estimate of drug-likeness (QED) is 0.654. The average Bonchev–Trinajstić information content (AvgIpc) is 2.55. The number of carbonyl (C=O) groups is 1. The Labute approximate surface area is 156 Å². The van der Waals surface area contributed by atoms with Gasteiger partial charge in [0.05, 0.1) is 11.5 Å². The van der Waals surface area contributed by atoms with E-state index in [1.807, 2.05) is 13.8 Å². The molecule has 3 nitrogen and oxygen atoms in total. The number of benzene rings is 1. The second kappa shape index (κ2) is 8.61. The maximum Gasteiger partial charge on any atom is 0.391 e. The molecule has 0 aliphatic heterocycles. The number of aromatic carboxylic acids is 1. The van der Waals surface area contributed by atoms with Crippen LogP contribution in [0.1, 0.15) is 61.5 Å². The van der Waals surface area contributed by atoms with Gasteiger partial charge in [-0.05, 0) is 61.8 Å². The van der Waals surface area contributed by atoms with Crippen LogP contribution in [-0.2, 0) is 0 Å². The van der Waals surface area contributed by atoms with Gasteiger partial charge < -0.3 is 10.4 Å². The third kappa shape index (κ3) is 5.36. The van der Waals surface area contributed by atoms with Crippen molar-refractivity contribution in [1.29, 1.82) is 0 Å². The Balaban J connectivity index is 2.04. The molecule has 146 valence electrons. The Hall–Kier alpha value is -1.27. The normalized spacial score (nSPS) is 22.4. The Bertz CT molecular complexity index is 626. The van der Waals surface area contributed by atoms with Crippen LogP contribution in [0.15, 0.2) is 18.2 Å². The van der Waals surface area contributed by atoms with E-state index < -0.39 is 18.1 Å². The van der Waals surface area contributed by atoms with Crippen LogP contribution in [0.25, 0.3) is 0 Å². The lowest BCUT2D eigenvalue weighted by atomic mass is 9.81. The van der Waals surface area contributed by atoms with Gasteiger partial charge in [0, 0.05) is 11.1 Å². The molecule has 0 unspecified atom stereocenters. The number of carboxylic acid groups (broad SMARTS) is 1. The van der Waals surface area contributed by atoms with Gasteiger partial charge in [0.1, 0.15) is 0 Å². The number of alkyl halides is 3. The minimum atomic E-state index is -4.10. The minimum absolute atomic E-state index is 0.126. The fourth-order valence-electron chi connectivity index (χ4n) is 3.68. The molecule has 2 N–H and O–H groups in total. The number of carboxylic acids is 1. The average molecular weight is 392 g/mol. The summed E-state index contributed by atoms with van der Waals surface area (Å²) >= 11 is 5.92. The molecule has 0 bridgehead atoms. The van der Waals surface area contributed by atoms with E-state index in [9.17, 15) is 23.1 Å². The van der Waals surface area contributed by atoms with Gasteiger partial charge in [-0.1, -0.05) is 31.5 Å². The molecule has 0 heterocycles. The number of halogens is 4. The standard InChI is InChI=1S/C19H25ClF3NO2/c1-11(2)17(15-8-7-14(20)9-16(15)18(25)26)24-10-12-3-5-13(6-4-12)19(21,22)23/h7-9,11-13,17,24H,3-6,10H2,1-2H3,(H,25,26)/t12-,13-,17-/m0/s1. The van der Waals surface area contributed by atoms with Gasteiger partial charge in [0.25, 0.3) is 0 Å². The highest BCUT2D eigenvalue weighted by Crippen LogP contribution is 2.39. The number of hydrogen-bond acceptors (Lipinski definition) is 2. The SMILES string of the molecule is CC(C)[C@H](NC[C@H]1CC[C@H](C(F)(F)F)CC1)c1ccc(Cl)cc1C(=O)O. The molecule has 1 aliphatic rings. The van der Waals surface area contributed by atoms with Crippen molar-refractivity contribution in [2.45, 2.75) is 51.7 Å². The topological polar surface area (TPSA) is 49.3 Å². The van der Waals surface area contributed by atoms with Crippen molar-refractivity contribution in [2.24, 2.45) is 17.8 Å². The molecular formula is C19H25ClF3NO2. The van der Waals surface area contributed by atoms with Crippen molar-refractivity contribution in [1.82, 2.24) is 5.32 Å². The molecule has 26 heavy (non-hydrogen) atoms. The molecule has 7 heteroatoms. The van der Waals surface area contributed by atoms with E-state index >= 15 is 0 Å². The summed E-state index contributed by atoms with van der Waals surface area (Å²) in [6, 6.07) is 4.61. The lowest BCUT2D eigenvalue weighted by molar-refractivity contribution is -0.183. The van der Waals surface area contributed by atoms with Crippen LogP contribution < -0.4 is 5.32 Å². The number of hydrogen-bond donors (Lipinski definition) is 2. The van der Waals surface area contributed by atoms with Gasteiger partial charge in [-0.3, -0.25) is 0 Å². The molecule has 1 atom stereocenters. The van der Waals surface area contributed by atoms with Crippen LogP contribution in [0.5, 0.6) is 0 Å². The molecule has 1 aromatic carbocycles. The number of rotatable bonds is 6. The summed E-state index contributed by atoms with van der Waals surface area (Å²) in [6.45, 7) is 4.55. The summed E-state index contributed by atoms with van der Waals surface area (Å²) in [4.78, 5) is 11.5. The molecule has 1 saturated carbocycles. The first-order valence-electron chi connectivity index (χ1n) is 8.92. The summed E-state index contributed by atoms with van der Waals surface area (Å²) in [7, 11) is 0. The fourth-order valence-corrected chi connectivity index (χ4v) is 3.85. The van der Waals surface area contributed by atoms with E-state index in [0.29, 0.717) is 30.0 Å². The highest BCUT2D eigenvalue weighted by atomic mass is 35.5. The smallest absolute Gasteiger partial charge is 0.391 e. The zero-order chi connectivity index (χ0) is 19.5. The maximum absolute atomic E-state index is 12.8.